The Balaban J connectivity index is 0. The Morgan fingerprint density at radius 2 is 1.83 bits per heavy atom. The lowest BCUT2D eigenvalue weighted by atomic mass is 10.3. The summed E-state index contributed by atoms with van der Waals surface area (Å²) < 4.78 is 0. The van der Waals surface area contributed by atoms with Crippen LogP contribution in [0.1, 0.15) is 33.3 Å². The largest absolute Gasteiger partial charge is 0.326 e. The molecule has 0 saturated heterocycles. The van der Waals surface area contributed by atoms with Gasteiger partial charge in [0.2, 0.25) is 0 Å². The van der Waals surface area contributed by atoms with E-state index < -0.39 is 0 Å². The molecule has 1 heterocycles. The van der Waals surface area contributed by atoms with E-state index in [1.54, 1.807) is 12.4 Å². The van der Waals surface area contributed by atoms with Gasteiger partial charge in [-0.15, -0.1) is 0 Å². The van der Waals surface area contributed by atoms with Crippen molar-refractivity contribution in [2.24, 2.45) is 5.73 Å². The maximum Gasteiger partial charge on any atom is 0.0312 e. The van der Waals surface area contributed by atoms with E-state index in [1.165, 1.54) is 0 Å². The first-order valence-electron chi connectivity index (χ1n) is 4.52. The van der Waals surface area contributed by atoms with Gasteiger partial charge in [-0.05, 0) is 11.6 Å². The summed E-state index contributed by atoms with van der Waals surface area (Å²) in [4.78, 5) is 3.88. The molecule has 0 bridgehead atoms. The summed E-state index contributed by atoms with van der Waals surface area (Å²) in [5.41, 5.74) is 6.39. The third-order valence-corrected chi connectivity index (χ3v) is 0.958. The van der Waals surface area contributed by atoms with E-state index in [2.05, 4.69) is 4.98 Å². The van der Waals surface area contributed by atoms with E-state index in [9.17, 15) is 0 Å². The molecule has 0 aliphatic heterocycles. The van der Waals surface area contributed by atoms with Crippen LogP contribution in [-0.2, 0) is 6.54 Å². The Kier molecular flexibility index (Phi) is 14.5. The monoisotopic (exact) mass is 168 g/mol. The van der Waals surface area contributed by atoms with Crippen molar-refractivity contribution in [2.75, 3.05) is 0 Å². The second kappa shape index (κ2) is 12.8. The zero-order valence-corrected chi connectivity index (χ0v) is 8.54. The normalized spacial score (nSPS) is 7.08. The van der Waals surface area contributed by atoms with Crippen LogP contribution in [0.15, 0.2) is 24.5 Å². The van der Waals surface area contributed by atoms with Crippen molar-refractivity contribution in [3.05, 3.63) is 30.1 Å². The van der Waals surface area contributed by atoms with Gasteiger partial charge < -0.3 is 5.73 Å². The molecule has 0 atom stereocenters. The van der Waals surface area contributed by atoms with Gasteiger partial charge in [-0.25, -0.2) is 0 Å². The predicted octanol–water partition coefficient (Wildman–Crippen LogP) is 2.59. The van der Waals surface area contributed by atoms with E-state index in [0.29, 0.717) is 6.54 Å². The van der Waals surface area contributed by atoms with Crippen LogP contribution in [0, 0.1) is 0 Å². The molecule has 0 saturated carbocycles. The smallest absolute Gasteiger partial charge is 0.0312 e. The highest BCUT2D eigenvalue weighted by atomic mass is 14.6. The number of hydrogen-bond acceptors (Lipinski definition) is 2. The van der Waals surface area contributed by atoms with Crippen LogP contribution in [0.25, 0.3) is 0 Å². The molecule has 0 fully saturated rings. The number of aromatic nitrogens is 1. The molecule has 2 N–H and O–H groups in total. The fraction of sp³-hybridized carbons (Fsp3) is 0.500. The summed E-state index contributed by atoms with van der Waals surface area (Å²) in [6, 6.07) is 3.83. The first kappa shape index (κ1) is 13.7. The SMILES string of the molecule is CC.CC.NCc1cccnc1. The van der Waals surface area contributed by atoms with Crippen LogP contribution in [0.3, 0.4) is 0 Å². The molecular formula is C10H20N2. The summed E-state index contributed by atoms with van der Waals surface area (Å²) in [6.45, 7) is 8.58. The molecule has 0 unspecified atom stereocenters. The molecular weight excluding hydrogens is 148 g/mol. The highest BCUT2D eigenvalue weighted by molar-refractivity contribution is 5.06. The van der Waals surface area contributed by atoms with Crippen molar-refractivity contribution in [1.82, 2.24) is 4.98 Å². The van der Waals surface area contributed by atoms with Gasteiger partial charge in [0.05, 0.1) is 0 Å². The van der Waals surface area contributed by atoms with Gasteiger partial charge in [-0.1, -0.05) is 33.8 Å². The Labute approximate surface area is 75.8 Å². The van der Waals surface area contributed by atoms with Gasteiger partial charge in [0.15, 0.2) is 0 Å². The molecule has 2 nitrogen and oxygen atoms in total. The van der Waals surface area contributed by atoms with Gasteiger partial charge in [-0.2, -0.15) is 0 Å². The van der Waals surface area contributed by atoms with Crippen molar-refractivity contribution in [3.8, 4) is 0 Å². The second-order valence-corrected chi connectivity index (χ2v) is 1.57. The van der Waals surface area contributed by atoms with E-state index >= 15 is 0 Å². The van der Waals surface area contributed by atoms with Gasteiger partial charge >= 0.3 is 0 Å². The lowest BCUT2D eigenvalue weighted by Crippen LogP contribution is -1.95. The Morgan fingerprint density at radius 3 is 2.08 bits per heavy atom. The highest BCUT2D eigenvalue weighted by Crippen LogP contribution is 1.90. The van der Waals surface area contributed by atoms with E-state index in [-0.39, 0.29) is 0 Å². The zero-order chi connectivity index (χ0) is 9.82. The number of nitrogens with zero attached hydrogens (tertiary/aromatic N) is 1. The van der Waals surface area contributed by atoms with Gasteiger partial charge in [0.25, 0.3) is 0 Å². The minimum absolute atomic E-state index is 0.577. The average molecular weight is 168 g/mol. The van der Waals surface area contributed by atoms with Crippen LogP contribution >= 0.6 is 0 Å². The Bertz CT molecular complexity index is 149. The summed E-state index contributed by atoms with van der Waals surface area (Å²) in [5.74, 6) is 0. The second-order valence-electron chi connectivity index (χ2n) is 1.57. The van der Waals surface area contributed by atoms with Crippen LogP contribution in [0.5, 0.6) is 0 Å². The molecule has 1 aromatic heterocycles. The number of nitrogens with two attached hydrogens (primary N) is 1. The molecule has 1 rings (SSSR count). The third-order valence-electron chi connectivity index (χ3n) is 0.958. The van der Waals surface area contributed by atoms with Crippen molar-refractivity contribution >= 4 is 0 Å². The van der Waals surface area contributed by atoms with Crippen molar-refractivity contribution in [2.45, 2.75) is 34.2 Å². The van der Waals surface area contributed by atoms with Gasteiger partial charge in [-0.3, -0.25) is 4.98 Å². The Hall–Kier alpha value is -0.890. The van der Waals surface area contributed by atoms with Crippen LogP contribution in [0.2, 0.25) is 0 Å². The maximum absolute atomic E-state index is 5.31. The van der Waals surface area contributed by atoms with E-state index in [0.717, 1.165) is 5.56 Å². The molecule has 70 valence electrons. The van der Waals surface area contributed by atoms with Crippen LogP contribution in [-0.4, -0.2) is 4.98 Å². The van der Waals surface area contributed by atoms with Gasteiger partial charge in [0.1, 0.15) is 0 Å². The zero-order valence-electron chi connectivity index (χ0n) is 8.54. The molecule has 2 heteroatoms. The van der Waals surface area contributed by atoms with Gasteiger partial charge in [0, 0.05) is 18.9 Å². The molecule has 0 aromatic carbocycles. The average Bonchev–Trinajstić information content (AvgIpc) is 2.25. The molecule has 0 aliphatic carbocycles. The molecule has 1 aromatic rings. The van der Waals surface area contributed by atoms with Crippen molar-refractivity contribution in [1.29, 1.82) is 0 Å². The van der Waals surface area contributed by atoms with E-state index in [4.69, 9.17) is 5.73 Å². The summed E-state index contributed by atoms with van der Waals surface area (Å²) >= 11 is 0. The summed E-state index contributed by atoms with van der Waals surface area (Å²) in [5, 5.41) is 0. The Morgan fingerprint density at radius 1 is 1.25 bits per heavy atom. The molecule has 0 spiro atoms. The number of rotatable bonds is 1. The number of pyridine rings is 1. The van der Waals surface area contributed by atoms with Crippen LogP contribution in [0.4, 0.5) is 0 Å². The maximum atomic E-state index is 5.31. The lowest BCUT2D eigenvalue weighted by molar-refractivity contribution is 1.05. The van der Waals surface area contributed by atoms with Crippen LogP contribution < -0.4 is 5.73 Å². The fourth-order valence-corrected chi connectivity index (χ4v) is 0.519. The first-order valence-corrected chi connectivity index (χ1v) is 4.52. The minimum atomic E-state index is 0.577. The fourth-order valence-electron chi connectivity index (χ4n) is 0.519. The third kappa shape index (κ3) is 7.22. The topological polar surface area (TPSA) is 38.9 Å². The van der Waals surface area contributed by atoms with Crippen molar-refractivity contribution in [3.63, 3.8) is 0 Å². The predicted molar refractivity (Wildman–Crippen MR) is 54.8 cm³/mol. The molecule has 12 heavy (non-hydrogen) atoms. The summed E-state index contributed by atoms with van der Waals surface area (Å²) in [6.07, 6.45) is 3.50. The molecule has 0 amide bonds. The molecule has 0 aliphatic rings. The lowest BCUT2D eigenvalue weighted by Gasteiger charge is -1.89. The minimum Gasteiger partial charge on any atom is -0.326 e. The van der Waals surface area contributed by atoms with Crippen molar-refractivity contribution < 1.29 is 0 Å². The quantitative estimate of drug-likeness (QED) is 0.700. The number of hydrogen-bond donors (Lipinski definition) is 1. The standard InChI is InChI=1S/C6H8N2.2C2H6/c7-4-6-2-1-3-8-5-6;2*1-2/h1-3,5H,4,7H2;2*1-2H3. The summed E-state index contributed by atoms with van der Waals surface area (Å²) in [7, 11) is 0. The first-order chi connectivity index (χ1) is 5.93. The van der Waals surface area contributed by atoms with E-state index in [1.807, 2.05) is 39.8 Å². The highest BCUT2D eigenvalue weighted by Gasteiger charge is 1.81. The molecule has 0 radical (unpaired) electrons.